The van der Waals surface area contributed by atoms with E-state index in [0.717, 1.165) is 28.0 Å². The van der Waals surface area contributed by atoms with Gasteiger partial charge in [0, 0.05) is 17.3 Å². The van der Waals surface area contributed by atoms with E-state index in [0.29, 0.717) is 17.8 Å². The Hall–Kier alpha value is -2.90. The third-order valence-corrected chi connectivity index (χ3v) is 6.84. The highest BCUT2D eigenvalue weighted by molar-refractivity contribution is 7.93. The first-order valence-electron chi connectivity index (χ1n) is 10.4. The van der Waals surface area contributed by atoms with E-state index in [1.807, 2.05) is 44.2 Å². The summed E-state index contributed by atoms with van der Waals surface area (Å²) in [4.78, 5) is 0.236. The number of hydrogen-bond acceptors (Lipinski definition) is 4. The smallest absolute Gasteiger partial charge is 0.236 e. The Labute approximate surface area is 189 Å². The Balaban J connectivity index is 1.87. The molecule has 0 aliphatic carbocycles. The molecule has 0 saturated heterocycles. The lowest BCUT2D eigenvalue weighted by molar-refractivity contribution is 0.518. The van der Waals surface area contributed by atoms with Gasteiger partial charge in [-0.1, -0.05) is 12.1 Å². The molecule has 32 heavy (non-hydrogen) atoms. The molecule has 5 nitrogen and oxygen atoms in total. The van der Waals surface area contributed by atoms with Crippen molar-refractivity contribution in [2.24, 2.45) is 0 Å². The summed E-state index contributed by atoms with van der Waals surface area (Å²) >= 11 is 0. The summed E-state index contributed by atoms with van der Waals surface area (Å²) in [7, 11) is -3.55. The van der Waals surface area contributed by atoms with Crippen molar-refractivity contribution in [3.63, 3.8) is 0 Å². The second-order valence-electron chi connectivity index (χ2n) is 8.18. The van der Waals surface area contributed by atoms with Crippen molar-refractivity contribution in [1.29, 1.82) is 0 Å². The minimum atomic E-state index is -3.55. The van der Waals surface area contributed by atoms with Crippen LogP contribution in [0, 0.1) is 19.7 Å². The minimum Gasteiger partial charge on any atom is -0.467 e. The van der Waals surface area contributed by atoms with Gasteiger partial charge in [-0.25, -0.2) is 17.5 Å². The summed E-state index contributed by atoms with van der Waals surface area (Å²) in [6.07, 6.45) is 3.25. The van der Waals surface area contributed by atoms with Gasteiger partial charge in [0.25, 0.3) is 0 Å². The molecule has 0 radical (unpaired) electrons. The summed E-state index contributed by atoms with van der Waals surface area (Å²) in [6, 6.07) is 12.3. The van der Waals surface area contributed by atoms with E-state index in [-0.39, 0.29) is 16.8 Å². The van der Waals surface area contributed by atoms with Crippen LogP contribution in [-0.4, -0.2) is 14.5 Å². The Bertz CT molecular complexity index is 1230. The normalized spacial score (nSPS) is 12.4. The van der Waals surface area contributed by atoms with Crippen LogP contribution in [0.2, 0.25) is 0 Å². The van der Waals surface area contributed by atoms with E-state index in [1.165, 1.54) is 6.07 Å². The number of furan rings is 1. The van der Waals surface area contributed by atoms with Gasteiger partial charge < -0.3 is 9.73 Å². The van der Waals surface area contributed by atoms with E-state index in [9.17, 15) is 12.8 Å². The number of nitrogens with one attached hydrogen (secondary N) is 2. The molecule has 0 unspecified atom stereocenters. The molecule has 1 aromatic heterocycles. The highest BCUT2D eigenvalue weighted by Gasteiger charge is 2.16. The number of anilines is 1. The number of aryl methyl sites for hydroxylation is 2. The number of allylic oxidation sites excluding steroid dienone is 1. The molecule has 0 aliphatic rings. The fourth-order valence-electron chi connectivity index (χ4n) is 3.43. The lowest BCUT2D eigenvalue weighted by Crippen LogP contribution is -2.30. The fraction of sp³-hybridized carbons (Fsp3) is 0.280. The summed E-state index contributed by atoms with van der Waals surface area (Å²) < 4.78 is 47.6. The Kier molecular flexibility index (Phi) is 7.21. The van der Waals surface area contributed by atoms with Gasteiger partial charge in [-0.2, -0.15) is 0 Å². The van der Waals surface area contributed by atoms with Crippen molar-refractivity contribution in [3.05, 3.63) is 81.9 Å². The largest absolute Gasteiger partial charge is 0.467 e. The maximum absolute atomic E-state index is 14.9. The van der Waals surface area contributed by atoms with Crippen LogP contribution in [0.3, 0.4) is 0 Å². The van der Waals surface area contributed by atoms with Gasteiger partial charge in [0.1, 0.15) is 11.6 Å². The van der Waals surface area contributed by atoms with Crippen LogP contribution < -0.4 is 10.0 Å². The van der Waals surface area contributed by atoms with Crippen LogP contribution >= 0.6 is 0 Å². The molecule has 2 N–H and O–H groups in total. The van der Waals surface area contributed by atoms with E-state index < -0.39 is 10.0 Å². The SMILES string of the molecule is C/C(=C\c1cc(C)c(-c2ccc(NCc3ccco3)cc2F)cc1C)S(=O)(=O)NC(C)C. The highest BCUT2D eigenvalue weighted by Crippen LogP contribution is 2.31. The van der Waals surface area contributed by atoms with Gasteiger partial charge in [-0.15, -0.1) is 0 Å². The van der Waals surface area contributed by atoms with Crippen molar-refractivity contribution < 1.29 is 17.2 Å². The second kappa shape index (κ2) is 9.71. The Morgan fingerprint density at radius 2 is 1.84 bits per heavy atom. The molecular weight excluding hydrogens is 427 g/mol. The average Bonchev–Trinajstić information content (AvgIpc) is 3.22. The zero-order chi connectivity index (χ0) is 23.5. The van der Waals surface area contributed by atoms with Crippen LogP contribution in [0.4, 0.5) is 10.1 Å². The molecule has 3 aromatic rings. The summed E-state index contributed by atoms with van der Waals surface area (Å²) in [6.45, 7) is 9.38. The monoisotopic (exact) mass is 456 g/mol. The van der Waals surface area contributed by atoms with Crippen molar-refractivity contribution >= 4 is 21.8 Å². The lowest BCUT2D eigenvalue weighted by atomic mass is 9.94. The predicted molar refractivity (Wildman–Crippen MR) is 128 cm³/mol. The first-order valence-corrected chi connectivity index (χ1v) is 11.9. The Morgan fingerprint density at radius 1 is 1.09 bits per heavy atom. The van der Waals surface area contributed by atoms with Gasteiger partial charge in [0.15, 0.2) is 0 Å². The second-order valence-corrected chi connectivity index (χ2v) is 10.1. The average molecular weight is 457 g/mol. The van der Waals surface area contributed by atoms with Crippen LogP contribution in [-0.2, 0) is 16.6 Å². The van der Waals surface area contributed by atoms with E-state index >= 15 is 0 Å². The zero-order valence-corrected chi connectivity index (χ0v) is 19.8. The van der Waals surface area contributed by atoms with E-state index in [1.54, 1.807) is 39.2 Å². The number of rotatable bonds is 8. The first-order chi connectivity index (χ1) is 15.1. The van der Waals surface area contributed by atoms with Crippen LogP contribution in [0.1, 0.15) is 43.2 Å². The fourth-order valence-corrected chi connectivity index (χ4v) is 4.52. The molecule has 3 rings (SSSR count). The molecule has 170 valence electrons. The number of sulfonamides is 1. The summed E-state index contributed by atoms with van der Waals surface area (Å²) in [5.74, 6) is 0.436. The standard InChI is InChI=1S/C25H29FN2O3S/c1-16(2)28-32(29,30)19(5)13-20-11-18(4)24(12-17(20)3)23-9-8-21(14-25(23)26)27-15-22-7-6-10-31-22/h6-14,16,27-28H,15H2,1-5H3/b19-13+. The van der Waals surface area contributed by atoms with Crippen molar-refractivity contribution in [3.8, 4) is 11.1 Å². The molecular formula is C25H29FN2O3S. The topological polar surface area (TPSA) is 71.3 Å². The predicted octanol–water partition coefficient (Wildman–Crippen LogP) is 6.00. The van der Waals surface area contributed by atoms with Crippen LogP contribution in [0.5, 0.6) is 0 Å². The van der Waals surface area contributed by atoms with Gasteiger partial charge in [0.2, 0.25) is 10.0 Å². The number of benzene rings is 2. The van der Waals surface area contributed by atoms with Crippen molar-refractivity contribution in [1.82, 2.24) is 4.72 Å². The summed E-state index contributed by atoms with van der Waals surface area (Å²) in [5.41, 5.74) is 4.44. The molecule has 0 saturated carbocycles. The van der Waals surface area contributed by atoms with Gasteiger partial charge in [0.05, 0.1) is 17.7 Å². The molecule has 2 aromatic carbocycles. The molecule has 0 spiro atoms. The molecule has 1 heterocycles. The molecule has 0 atom stereocenters. The van der Waals surface area contributed by atoms with Gasteiger partial charge in [-0.05, 0) is 93.3 Å². The quantitative estimate of drug-likeness (QED) is 0.436. The number of halogens is 1. The van der Waals surface area contributed by atoms with E-state index in [4.69, 9.17) is 4.42 Å². The van der Waals surface area contributed by atoms with E-state index in [2.05, 4.69) is 10.0 Å². The maximum Gasteiger partial charge on any atom is 0.236 e. The minimum absolute atomic E-state index is 0.187. The zero-order valence-electron chi connectivity index (χ0n) is 19.0. The number of hydrogen-bond donors (Lipinski definition) is 2. The lowest BCUT2D eigenvalue weighted by Gasteiger charge is -2.14. The summed E-state index contributed by atoms with van der Waals surface area (Å²) in [5, 5.41) is 3.15. The van der Waals surface area contributed by atoms with Gasteiger partial charge >= 0.3 is 0 Å². The first kappa shape index (κ1) is 23.8. The molecule has 0 aliphatic heterocycles. The highest BCUT2D eigenvalue weighted by atomic mass is 32.2. The van der Waals surface area contributed by atoms with Crippen molar-refractivity contribution in [2.75, 3.05) is 5.32 Å². The molecule has 0 fully saturated rings. The molecule has 0 amide bonds. The van der Waals surface area contributed by atoms with Crippen molar-refractivity contribution in [2.45, 2.75) is 47.2 Å². The van der Waals surface area contributed by atoms with Crippen LogP contribution in [0.25, 0.3) is 17.2 Å². The molecule has 0 bridgehead atoms. The maximum atomic E-state index is 14.9. The third-order valence-electron chi connectivity index (χ3n) is 5.09. The third kappa shape index (κ3) is 5.66. The van der Waals surface area contributed by atoms with Crippen LogP contribution in [0.15, 0.2) is 58.1 Å². The molecule has 7 heteroatoms. The van der Waals surface area contributed by atoms with Gasteiger partial charge in [-0.3, -0.25) is 0 Å². The Morgan fingerprint density at radius 3 is 2.47 bits per heavy atom.